The fraction of sp³-hybridized carbons (Fsp3) is 0.167. The summed E-state index contributed by atoms with van der Waals surface area (Å²) in [7, 11) is 0. The maximum absolute atomic E-state index is 11.4. The highest BCUT2D eigenvalue weighted by Crippen LogP contribution is 2.20. The van der Waals surface area contributed by atoms with Crippen molar-refractivity contribution in [3.05, 3.63) is 36.5 Å². The van der Waals surface area contributed by atoms with Crippen molar-refractivity contribution in [2.24, 2.45) is 0 Å². The Balaban J connectivity index is 2.41. The third kappa shape index (κ3) is 2.01. The number of nitrogens with zero attached hydrogens (tertiary/aromatic N) is 1. The lowest BCUT2D eigenvalue weighted by atomic mass is 10.2. The van der Waals surface area contributed by atoms with Crippen LogP contribution in [0.15, 0.2) is 36.5 Å². The quantitative estimate of drug-likeness (QED) is 0.800. The van der Waals surface area contributed by atoms with Gasteiger partial charge in [-0.3, -0.25) is 9.78 Å². The molecule has 0 aliphatic carbocycles. The first-order valence-corrected chi connectivity index (χ1v) is 5.01. The van der Waals surface area contributed by atoms with E-state index >= 15 is 0 Å². The standard InChI is InChI=1S/C12H12N2O2/c1-8(15)12(16)14-10-6-2-4-9-5-3-7-13-11(9)10/h2-8,15H,1H3,(H,14,16). The Morgan fingerprint density at radius 1 is 1.38 bits per heavy atom. The number of amides is 1. The van der Waals surface area contributed by atoms with Gasteiger partial charge in [-0.05, 0) is 19.1 Å². The maximum Gasteiger partial charge on any atom is 0.252 e. The van der Waals surface area contributed by atoms with Crippen molar-refractivity contribution < 1.29 is 9.90 Å². The van der Waals surface area contributed by atoms with Crippen LogP contribution in [0.3, 0.4) is 0 Å². The van der Waals surface area contributed by atoms with E-state index in [1.54, 1.807) is 12.3 Å². The Hall–Kier alpha value is -1.94. The van der Waals surface area contributed by atoms with Gasteiger partial charge in [0.05, 0.1) is 11.2 Å². The zero-order chi connectivity index (χ0) is 11.5. The van der Waals surface area contributed by atoms with Crippen molar-refractivity contribution >= 4 is 22.5 Å². The molecule has 1 aromatic heterocycles. The first kappa shape index (κ1) is 10.6. The maximum atomic E-state index is 11.4. The summed E-state index contributed by atoms with van der Waals surface area (Å²) in [6, 6.07) is 9.26. The van der Waals surface area contributed by atoms with Crippen LogP contribution in [0.4, 0.5) is 5.69 Å². The second-order valence-electron chi connectivity index (χ2n) is 3.55. The summed E-state index contributed by atoms with van der Waals surface area (Å²) in [5.74, 6) is -0.432. The van der Waals surface area contributed by atoms with Crippen molar-refractivity contribution in [2.75, 3.05) is 5.32 Å². The van der Waals surface area contributed by atoms with E-state index in [2.05, 4.69) is 10.3 Å². The molecule has 0 aliphatic heterocycles. The molecule has 82 valence electrons. The first-order valence-electron chi connectivity index (χ1n) is 5.01. The molecule has 1 atom stereocenters. The zero-order valence-corrected chi connectivity index (χ0v) is 8.84. The van der Waals surface area contributed by atoms with Crippen molar-refractivity contribution in [3.63, 3.8) is 0 Å². The van der Waals surface area contributed by atoms with Gasteiger partial charge in [0.15, 0.2) is 0 Å². The number of pyridine rings is 1. The van der Waals surface area contributed by atoms with Crippen molar-refractivity contribution in [1.82, 2.24) is 4.98 Å². The number of fused-ring (bicyclic) bond motifs is 1. The first-order chi connectivity index (χ1) is 7.68. The zero-order valence-electron chi connectivity index (χ0n) is 8.84. The van der Waals surface area contributed by atoms with Crippen LogP contribution >= 0.6 is 0 Å². The SMILES string of the molecule is CC(O)C(=O)Nc1cccc2cccnc12. The minimum atomic E-state index is -1.03. The molecular formula is C12H12N2O2. The molecule has 0 saturated carbocycles. The van der Waals surface area contributed by atoms with E-state index in [0.29, 0.717) is 5.69 Å². The van der Waals surface area contributed by atoms with Gasteiger partial charge < -0.3 is 10.4 Å². The highest BCUT2D eigenvalue weighted by Gasteiger charge is 2.10. The van der Waals surface area contributed by atoms with Crippen LogP contribution in [0.25, 0.3) is 10.9 Å². The normalized spacial score (nSPS) is 12.4. The second-order valence-corrected chi connectivity index (χ2v) is 3.55. The molecule has 2 N–H and O–H groups in total. The molecule has 1 aromatic carbocycles. The molecule has 0 radical (unpaired) electrons. The van der Waals surface area contributed by atoms with Crippen molar-refractivity contribution in [1.29, 1.82) is 0 Å². The van der Waals surface area contributed by atoms with E-state index in [4.69, 9.17) is 5.11 Å². The number of anilines is 1. The molecule has 0 bridgehead atoms. The molecule has 2 rings (SSSR count). The Bertz CT molecular complexity index is 518. The van der Waals surface area contributed by atoms with Gasteiger partial charge in [-0.15, -0.1) is 0 Å². The largest absolute Gasteiger partial charge is 0.384 e. The van der Waals surface area contributed by atoms with Crippen LogP contribution in [0.1, 0.15) is 6.92 Å². The van der Waals surface area contributed by atoms with E-state index in [-0.39, 0.29) is 0 Å². The third-order valence-corrected chi connectivity index (χ3v) is 2.27. The molecule has 1 amide bonds. The minimum Gasteiger partial charge on any atom is -0.384 e. The average molecular weight is 216 g/mol. The van der Waals surface area contributed by atoms with Crippen molar-refractivity contribution in [3.8, 4) is 0 Å². The van der Waals surface area contributed by atoms with Gasteiger partial charge in [0, 0.05) is 11.6 Å². The van der Waals surface area contributed by atoms with E-state index in [1.807, 2.05) is 24.3 Å². The number of rotatable bonds is 2. The molecule has 1 heterocycles. The van der Waals surface area contributed by atoms with Crippen LogP contribution in [0.5, 0.6) is 0 Å². The molecule has 0 aliphatic rings. The Labute approximate surface area is 92.9 Å². The van der Waals surface area contributed by atoms with Gasteiger partial charge in [-0.1, -0.05) is 18.2 Å². The van der Waals surface area contributed by atoms with Gasteiger partial charge in [0.25, 0.3) is 5.91 Å². The highest BCUT2D eigenvalue weighted by molar-refractivity contribution is 6.01. The summed E-state index contributed by atoms with van der Waals surface area (Å²) >= 11 is 0. The molecule has 4 heteroatoms. The number of benzene rings is 1. The van der Waals surface area contributed by atoms with Crippen LogP contribution in [0, 0.1) is 0 Å². The fourth-order valence-electron chi connectivity index (χ4n) is 1.44. The van der Waals surface area contributed by atoms with Gasteiger partial charge in [-0.2, -0.15) is 0 Å². The predicted molar refractivity (Wildman–Crippen MR) is 62.1 cm³/mol. The third-order valence-electron chi connectivity index (χ3n) is 2.27. The molecule has 1 unspecified atom stereocenters. The van der Waals surface area contributed by atoms with Crippen molar-refractivity contribution in [2.45, 2.75) is 13.0 Å². The Morgan fingerprint density at radius 3 is 2.88 bits per heavy atom. The van der Waals surface area contributed by atoms with E-state index in [1.165, 1.54) is 6.92 Å². The molecule has 4 nitrogen and oxygen atoms in total. The van der Waals surface area contributed by atoms with Gasteiger partial charge >= 0.3 is 0 Å². The van der Waals surface area contributed by atoms with Gasteiger partial charge in [0.1, 0.15) is 6.10 Å². The number of hydrogen-bond acceptors (Lipinski definition) is 3. The molecule has 2 aromatic rings. The summed E-state index contributed by atoms with van der Waals surface area (Å²) in [6.45, 7) is 1.42. The number of aromatic nitrogens is 1. The van der Waals surface area contributed by atoms with Crippen LogP contribution < -0.4 is 5.32 Å². The predicted octanol–water partition coefficient (Wildman–Crippen LogP) is 1.55. The Kier molecular flexibility index (Phi) is 2.83. The van der Waals surface area contributed by atoms with E-state index in [0.717, 1.165) is 10.9 Å². The minimum absolute atomic E-state index is 0.432. The summed E-state index contributed by atoms with van der Waals surface area (Å²) < 4.78 is 0. The Morgan fingerprint density at radius 2 is 2.12 bits per heavy atom. The number of para-hydroxylation sites is 1. The summed E-state index contributed by atoms with van der Waals surface area (Å²) in [4.78, 5) is 15.6. The number of carbonyl (C=O) groups is 1. The monoisotopic (exact) mass is 216 g/mol. The van der Waals surface area contributed by atoms with Crippen LogP contribution in [0.2, 0.25) is 0 Å². The van der Waals surface area contributed by atoms with E-state index < -0.39 is 12.0 Å². The number of aliphatic hydroxyl groups is 1. The van der Waals surface area contributed by atoms with Gasteiger partial charge in [-0.25, -0.2) is 0 Å². The topological polar surface area (TPSA) is 62.2 Å². The van der Waals surface area contributed by atoms with E-state index in [9.17, 15) is 4.79 Å². The fourth-order valence-corrected chi connectivity index (χ4v) is 1.44. The molecule has 0 saturated heterocycles. The lowest BCUT2D eigenvalue weighted by Gasteiger charge is -2.08. The number of nitrogens with one attached hydrogen (secondary N) is 1. The molecule has 0 spiro atoms. The summed E-state index contributed by atoms with van der Waals surface area (Å²) in [6.07, 6.45) is 0.638. The summed E-state index contributed by atoms with van der Waals surface area (Å²) in [5, 5.41) is 12.7. The average Bonchev–Trinajstić information content (AvgIpc) is 2.29. The number of hydrogen-bond donors (Lipinski definition) is 2. The lowest BCUT2D eigenvalue weighted by Crippen LogP contribution is -2.24. The number of aliphatic hydroxyl groups excluding tert-OH is 1. The molecule has 16 heavy (non-hydrogen) atoms. The smallest absolute Gasteiger partial charge is 0.252 e. The van der Waals surface area contributed by atoms with Crippen LogP contribution in [-0.4, -0.2) is 22.1 Å². The summed E-state index contributed by atoms with van der Waals surface area (Å²) in [5.41, 5.74) is 1.34. The van der Waals surface area contributed by atoms with Crippen LogP contribution in [-0.2, 0) is 4.79 Å². The highest BCUT2D eigenvalue weighted by atomic mass is 16.3. The molecule has 0 fully saturated rings. The number of carbonyl (C=O) groups excluding carboxylic acids is 1. The second kappa shape index (κ2) is 4.28. The molecular weight excluding hydrogens is 204 g/mol. The lowest BCUT2D eigenvalue weighted by molar-refractivity contribution is -0.123. The van der Waals surface area contributed by atoms with Gasteiger partial charge in [0.2, 0.25) is 0 Å².